The molecule has 2 nitrogen and oxygen atoms in total. The van der Waals surface area contributed by atoms with Crippen molar-refractivity contribution < 1.29 is 0 Å². The molecule has 0 radical (unpaired) electrons. The van der Waals surface area contributed by atoms with Crippen LogP contribution in [-0.2, 0) is 0 Å². The van der Waals surface area contributed by atoms with Crippen LogP contribution in [-0.4, -0.2) is 11.2 Å². The SMILES string of the molecule is Brc1cncc(Br)c1/C=N/I. The van der Waals surface area contributed by atoms with Gasteiger partial charge in [0.05, 0.1) is 22.9 Å². The molecule has 0 aliphatic heterocycles. The van der Waals surface area contributed by atoms with Crippen molar-refractivity contribution in [3.63, 3.8) is 0 Å². The average Bonchev–Trinajstić information content (AvgIpc) is 1.97. The zero-order valence-electron chi connectivity index (χ0n) is 5.26. The van der Waals surface area contributed by atoms with E-state index in [1.807, 2.05) is 22.9 Å². The van der Waals surface area contributed by atoms with Gasteiger partial charge in [-0.15, -0.1) is 0 Å². The molecule has 1 aromatic rings. The first-order valence-electron chi connectivity index (χ1n) is 2.69. The van der Waals surface area contributed by atoms with Gasteiger partial charge in [0.25, 0.3) is 0 Å². The van der Waals surface area contributed by atoms with E-state index >= 15 is 0 Å². The Kier molecular flexibility index (Phi) is 3.94. The summed E-state index contributed by atoms with van der Waals surface area (Å²) in [6.07, 6.45) is 5.23. The van der Waals surface area contributed by atoms with Crippen LogP contribution in [0.3, 0.4) is 0 Å². The van der Waals surface area contributed by atoms with Crippen LogP contribution >= 0.6 is 54.7 Å². The lowest BCUT2D eigenvalue weighted by atomic mass is 10.3. The van der Waals surface area contributed by atoms with Gasteiger partial charge in [0.1, 0.15) is 0 Å². The Hall–Kier alpha value is 0.510. The van der Waals surface area contributed by atoms with Crippen molar-refractivity contribution in [3.8, 4) is 0 Å². The van der Waals surface area contributed by atoms with E-state index in [2.05, 4.69) is 40.0 Å². The first kappa shape index (κ1) is 9.60. The maximum absolute atomic E-state index is 3.97. The molecule has 0 N–H and O–H groups in total. The molecule has 5 heteroatoms. The molecule has 0 saturated heterocycles. The fourth-order valence-electron chi connectivity index (χ4n) is 0.593. The molecule has 0 atom stereocenters. The van der Waals surface area contributed by atoms with Gasteiger partial charge in [0.2, 0.25) is 0 Å². The highest BCUT2D eigenvalue weighted by atomic mass is 127. The maximum atomic E-state index is 3.97. The van der Waals surface area contributed by atoms with E-state index in [9.17, 15) is 0 Å². The van der Waals surface area contributed by atoms with Crippen molar-refractivity contribution in [2.45, 2.75) is 0 Å². The zero-order valence-corrected chi connectivity index (χ0v) is 10.6. The predicted octanol–water partition coefficient (Wildman–Crippen LogP) is 3.38. The summed E-state index contributed by atoms with van der Waals surface area (Å²) < 4.78 is 5.76. The Morgan fingerprint density at radius 2 is 1.91 bits per heavy atom. The minimum absolute atomic E-state index is 0.937. The lowest BCUT2D eigenvalue weighted by Gasteiger charge is -1.97. The molecule has 0 aromatic carbocycles. The highest BCUT2D eigenvalue weighted by Gasteiger charge is 2.00. The van der Waals surface area contributed by atoms with Crippen LogP contribution in [0, 0.1) is 0 Å². The highest BCUT2D eigenvalue weighted by Crippen LogP contribution is 2.21. The monoisotopic (exact) mass is 388 g/mol. The van der Waals surface area contributed by atoms with Crippen LogP contribution < -0.4 is 0 Å². The van der Waals surface area contributed by atoms with Gasteiger partial charge < -0.3 is 0 Å². The van der Waals surface area contributed by atoms with Crippen molar-refractivity contribution in [1.82, 2.24) is 4.98 Å². The van der Waals surface area contributed by atoms with Crippen LogP contribution in [0.5, 0.6) is 0 Å². The number of aromatic nitrogens is 1. The summed E-state index contributed by atoms with van der Waals surface area (Å²) in [5.41, 5.74) is 1.01. The molecule has 0 bridgehead atoms. The molecular formula is C6H3Br2IN2. The van der Waals surface area contributed by atoms with E-state index in [0.29, 0.717) is 0 Å². The Labute approximate surface area is 95.3 Å². The molecule has 1 heterocycles. The van der Waals surface area contributed by atoms with Crippen molar-refractivity contribution in [1.29, 1.82) is 0 Å². The maximum Gasteiger partial charge on any atom is 0.0831 e. The molecule has 0 amide bonds. The summed E-state index contributed by atoms with van der Waals surface area (Å²) >= 11 is 8.65. The van der Waals surface area contributed by atoms with Crippen LogP contribution in [0.1, 0.15) is 5.56 Å². The number of pyridine rings is 1. The summed E-state index contributed by atoms with van der Waals surface area (Å²) in [4.78, 5) is 3.97. The van der Waals surface area contributed by atoms with Crippen molar-refractivity contribution in [2.24, 2.45) is 3.21 Å². The fourth-order valence-corrected chi connectivity index (χ4v) is 2.01. The first-order valence-corrected chi connectivity index (χ1v) is 5.24. The Balaban J connectivity index is 3.20. The van der Waals surface area contributed by atoms with Crippen LogP contribution in [0.4, 0.5) is 0 Å². The third kappa shape index (κ3) is 2.48. The Morgan fingerprint density at radius 3 is 2.36 bits per heavy atom. The van der Waals surface area contributed by atoms with E-state index in [1.54, 1.807) is 18.6 Å². The largest absolute Gasteiger partial charge is 0.262 e. The molecule has 0 unspecified atom stereocenters. The quantitative estimate of drug-likeness (QED) is 0.534. The minimum atomic E-state index is 0.937. The average molecular weight is 390 g/mol. The second-order valence-electron chi connectivity index (χ2n) is 1.74. The smallest absolute Gasteiger partial charge is 0.0831 e. The van der Waals surface area contributed by atoms with Gasteiger partial charge in [-0.05, 0) is 31.9 Å². The van der Waals surface area contributed by atoms with Crippen LogP contribution in [0.15, 0.2) is 24.5 Å². The van der Waals surface area contributed by atoms with Crippen LogP contribution in [0.25, 0.3) is 0 Å². The predicted molar refractivity (Wildman–Crippen MR) is 61.3 cm³/mol. The topological polar surface area (TPSA) is 25.2 Å². The van der Waals surface area contributed by atoms with Gasteiger partial charge >= 0.3 is 0 Å². The molecule has 0 saturated carbocycles. The van der Waals surface area contributed by atoms with E-state index < -0.39 is 0 Å². The third-order valence-corrected chi connectivity index (χ3v) is 2.61. The Bertz CT molecular complexity index is 268. The second kappa shape index (κ2) is 4.51. The summed E-state index contributed by atoms with van der Waals surface area (Å²) in [6.45, 7) is 0. The van der Waals surface area contributed by atoms with Crippen molar-refractivity contribution in [3.05, 3.63) is 26.9 Å². The second-order valence-corrected chi connectivity index (χ2v) is 4.01. The summed E-state index contributed by atoms with van der Waals surface area (Å²) in [6, 6.07) is 0. The lowest BCUT2D eigenvalue weighted by Crippen LogP contribution is -1.85. The minimum Gasteiger partial charge on any atom is -0.262 e. The third-order valence-electron chi connectivity index (χ3n) is 1.07. The number of halogens is 3. The highest BCUT2D eigenvalue weighted by molar-refractivity contribution is 14.1. The van der Waals surface area contributed by atoms with Gasteiger partial charge in [-0.1, -0.05) is 0 Å². The molecule has 0 aliphatic rings. The van der Waals surface area contributed by atoms with Gasteiger partial charge in [-0.25, -0.2) is 3.21 Å². The summed E-state index contributed by atoms with van der Waals surface area (Å²) in [5.74, 6) is 0. The molecular weight excluding hydrogens is 387 g/mol. The van der Waals surface area contributed by atoms with Gasteiger partial charge in [-0.2, -0.15) is 0 Å². The van der Waals surface area contributed by atoms with Gasteiger partial charge in [0.15, 0.2) is 0 Å². The summed E-state index contributed by atoms with van der Waals surface area (Å²) in [7, 11) is 0. The number of hydrogen-bond donors (Lipinski definition) is 0. The lowest BCUT2D eigenvalue weighted by molar-refractivity contribution is 1.28. The molecule has 11 heavy (non-hydrogen) atoms. The fraction of sp³-hybridized carbons (Fsp3) is 0. The van der Waals surface area contributed by atoms with E-state index in [0.717, 1.165) is 14.5 Å². The molecule has 0 spiro atoms. The van der Waals surface area contributed by atoms with E-state index in [4.69, 9.17) is 0 Å². The molecule has 1 rings (SSSR count). The van der Waals surface area contributed by atoms with Gasteiger partial charge in [-0.3, -0.25) is 4.98 Å². The van der Waals surface area contributed by atoms with Crippen molar-refractivity contribution in [2.75, 3.05) is 0 Å². The Morgan fingerprint density at radius 1 is 1.36 bits per heavy atom. The number of hydrogen-bond acceptors (Lipinski definition) is 2. The van der Waals surface area contributed by atoms with E-state index in [-0.39, 0.29) is 0 Å². The van der Waals surface area contributed by atoms with Gasteiger partial charge in [0, 0.05) is 33.1 Å². The van der Waals surface area contributed by atoms with E-state index in [1.165, 1.54) is 0 Å². The molecule has 0 aliphatic carbocycles. The van der Waals surface area contributed by atoms with Crippen LogP contribution in [0.2, 0.25) is 0 Å². The van der Waals surface area contributed by atoms with Crippen molar-refractivity contribution >= 4 is 60.9 Å². The number of rotatable bonds is 1. The number of nitrogens with zero attached hydrogens (tertiary/aromatic N) is 2. The first-order chi connectivity index (χ1) is 5.25. The standard InChI is InChI=1S/C6H3Br2IN2/c7-5-2-10-3-6(8)4(5)1-11-9/h1-3H/b11-1+. The zero-order chi connectivity index (χ0) is 8.27. The normalized spacial score (nSPS) is 10.8. The molecule has 58 valence electrons. The molecule has 1 aromatic heterocycles. The molecule has 0 fully saturated rings. The summed E-state index contributed by atoms with van der Waals surface area (Å²) in [5, 5.41) is 0.